The van der Waals surface area contributed by atoms with Crippen molar-refractivity contribution in [1.29, 1.82) is 0 Å². The van der Waals surface area contributed by atoms with Crippen molar-refractivity contribution in [1.82, 2.24) is 5.32 Å². The number of methoxy groups -OCH3 is 1. The molecule has 5 heteroatoms. The van der Waals surface area contributed by atoms with Crippen molar-refractivity contribution >= 4 is 17.6 Å². The minimum Gasteiger partial charge on any atom is -0.463 e. The first-order valence-corrected chi connectivity index (χ1v) is 7.08. The van der Waals surface area contributed by atoms with Gasteiger partial charge < -0.3 is 14.5 Å². The number of furan rings is 1. The molecule has 0 spiro atoms. The van der Waals surface area contributed by atoms with Crippen molar-refractivity contribution in [3.63, 3.8) is 0 Å². The summed E-state index contributed by atoms with van der Waals surface area (Å²) in [6, 6.07) is 11.1. The van der Waals surface area contributed by atoms with E-state index in [1.807, 2.05) is 38.1 Å². The monoisotopic (exact) mass is 307 g/mol. The fourth-order valence-corrected chi connectivity index (χ4v) is 2.32. The molecule has 0 aliphatic carbocycles. The van der Waals surface area contributed by atoms with Crippen LogP contribution in [-0.2, 0) is 4.74 Å². The highest BCUT2D eigenvalue weighted by molar-refractivity contribution is 6.30. The maximum absolute atomic E-state index is 11.4. The molecular weight excluding hydrogens is 290 g/mol. The molecule has 2 rings (SSSR count). The molecule has 0 radical (unpaired) electrons. The van der Waals surface area contributed by atoms with Crippen LogP contribution < -0.4 is 5.32 Å². The van der Waals surface area contributed by atoms with Crippen LogP contribution in [0.3, 0.4) is 0 Å². The molecule has 1 unspecified atom stereocenters. The van der Waals surface area contributed by atoms with Gasteiger partial charge >= 0.3 is 5.97 Å². The van der Waals surface area contributed by atoms with E-state index in [-0.39, 0.29) is 17.8 Å². The van der Waals surface area contributed by atoms with E-state index < -0.39 is 5.97 Å². The molecule has 1 aromatic heterocycles. The predicted octanol–water partition coefficient (Wildman–Crippen LogP) is 4.13. The van der Waals surface area contributed by atoms with E-state index >= 15 is 0 Å². The zero-order chi connectivity index (χ0) is 15.4. The first kappa shape index (κ1) is 15.6. The fraction of sp³-hybridized carbons (Fsp3) is 0.312. The Morgan fingerprint density at radius 3 is 2.67 bits per heavy atom. The number of hydrogen-bond donors (Lipinski definition) is 1. The Labute approximate surface area is 129 Å². The molecule has 1 aromatic carbocycles. The van der Waals surface area contributed by atoms with Gasteiger partial charge in [0.2, 0.25) is 5.76 Å². The lowest BCUT2D eigenvalue weighted by Crippen LogP contribution is -2.22. The van der Waals surface area contributed by atoms with E-state index in [4.69, 9.17) is 16.0 Å². The summed E-state index contributed by atoms with van der Waals surface area (Å²) in [5, 5.41) is 4.11. The molecular formula is C16H18ClNO3. The minimum absolute atomic E-state index is 0.0441. The van der Waals surface area contributed by atoms with Crippen LogP contribution in [-0.4, -0.2) is 13.1 Å². The highest BCUT2D eigenvalue weighted by Gasteiger charge is 2.17. The number of nitrogens with one attached hydrogen (secondary N) is 1. The first-order chi connectivity index (χ1) is 10.0. The molecule has 0 aliphatic rings. The molecule has 21 heavy (non-hydrogen) atoms. The largest absolute Gasteiger partial charge is 0.463 e. The lowest BCUT2D eigenvalue weighted by Gasteiger charge is -2.19. The smallest absolute Gasteiger partial charge is 0.373 e. The van der Waals surface area contributed by atoms with E-state index in [9.17, 15) is 4.79 Å². The highest BCUT2D eigenvalue weighted by Crippen LogP contribution is 2.23. The Hall–Kier alpha value is -1.78. The summed E-state index contributed by atoms with van der Waals surface area (Å²) in [5.41, 5.74) is 1.09. The predicted molar refractivity (Wildman–Crippen MR) is 81.5 cm³/mol. The number of rotatable bonds is 5. The maximum atomic E-state index is 11.4. The second kappa shape index (κ2) is 6.78. The number of esters is 1. The van der Waals surface area contributed by atoms with Gasteiger partial charge in [0.15, 0.2) is 0 Å². The Kier molecular flexibility index (Phi) is 5.04. The Balaban J connectivity index is 2.05. The van der Waals surface area contributed by atoms with Crippen LogP contribution in [0.4, 0.5) is 0 Å². The van der Waals surface area contributed by atoms with E-state index in [1.54, 1.807) is 12.1 Å². The number of halogens is 1. The van der Waals surface area contributed by atoms with Crippen LogP contribution in [0.15, 0.2) is 40.8 Å². The van der Waals surface area contributed by atoms with Crippen LogP contribution in [0.5, 0.6) is 0 Å². The summed E-state index contributed by atoms with van der Waals surface area (Å²) < 4.78 is 10.1. The third-order valence-electron chi connectivity index (χ3n) is 3.29. The van der Waals surface area contributed by atoms with Crippen LogP contribution >= 0.6 is 11.6 Å². The normalized spacial score (nSPS) is 13.7. The summed E-state index contributed by atoms with van der Waals surface area (Å²) in [6.07, 6.45) is 0. The summed E-state index contributed by atoms with van der Waals surface area (Å²) in [4.78, 5) is 11.4. The topological polar surface area (TPSA) is 51.5 Å². The summed E-state index contributed by atoms with van der Waals surface area (Å²) in [5.74, 6) is 0.414. The lowest BCUT2D eigenvalue weighted by atomic mass is 10.1. The van der Waals surface area contributed by atoms with Gasteiger partial charge in [0.1, 0.15) is 5.76 Å². The number of ether oxygens (including phenoxy) is 1. The molecule has 2 atom stereocenters. The first-order valence-electron chi connectivity index (χ1n) is 6.71. The zero-order valence-electron chi connectivity index (χ0n) is 12.2. The quantitative estimate of drug-likeness (QED) is 0.844. The van der Waals surface area contributed by atoms with Crippen molar-refractivity contribution in [2.24, 2.45) is 0 Å². The zero-order valence-corrected chi connectivity index (χ0v) is 13.0. The fourth-order valence-electron chi connectivity index (χ4n) is 2.13. The lowest BCUT2D eigenvalue weighted by molar-refractivity contribution is 0.0562. The molecule has 0 amide bonds. The SMILES string of the molecule is COC(=O)c1ccc(C(C)N[C@@H](C)c2cccc(Cl)c2)o1. The molecule has 4 nitrogen and oxygen atoms in total. The molecule has 112 valence electrons. The summed E-state index contributed by atoms with van der Waals surface area (Å²) in [7, 11) is 1.33. The van der Waals surface area contributed by atoms with Crippen LogP contribution in [0.1, 0.15) is 47.8 Å². The second-order valence-electron chi connectivity index (χ2n) is 4.86. The summed E-state index contributed by atoms with van der Waals surface area (Å²) in [6.45, 7) is 4.02. The molecule has 1 N–H and O–H groups in total. The van der Waals surface area contributed by atoms with E-state index in [0.717, 1.165) is 5.56 Å². The van der Waals surface area contributed by atoms with Crippen molar-refractivity contribution in [3.05, 3.63) is 58.5 Å². The maximum Gasteiger partial charge on any atom is 0.373 e. The average molecular weight is 308 g/mol. The third-order valence-corrected chi connectivity index (χ3v) is 3.52. The van der Waals surface area contributed by atoms with Crippen molar-refractivity contribution < 1.29 is 13.9 Å². The van der Waals surface area contributed by atoms with Gasteiger partial charge in [-0.25, -0.2) is 4.79 Å². The minimum atomic E-state index is -0.476. The number of benzene rings is 1. The van der Waals surface area contributed by atoms with Gasteiger partial charge in [0, 0.05) is 11.1 Å². The van der Waals surface area contributed by atoms with E-state index in [0.29, 0.717) is 10.8 Å². The Morgan fingerprint density at radius 1 is 1.24 bits per heavy atom. The molecule has 1 heterocycles. The summed E-state index contributed by atoms with van der Waals surface area (Å²) >= 11 is 6.00. The molecule has 2 aromatic rings. The van der Waals surface area contributed by atoms with Crippen LogP contribution in [0, 0.1) is 0 Å². The standard InChI is InChI=1S/C16H18ClNO3/c1-10(12-5-4-6-13(17)9-12)18-11(2)14-7-8-15(21-14)16(19)20-3/h4-11,18H,1-3H3/t10-,11?/m0/s1. The van der Waals surface area contributed by atoms with E-state index in [2.05, 4.69) is 10.1 Å². The van der Waals surface area contributed by atoms with Gasteiger partial charge in [-0.15, -0.1) is 0 Å². The number of hydrogen-bond acceptors (Lipinski definition) is 4. The average Bonchev–Trinajstić information content (AvgIpc) is 2.96. The van der Waals surface area contributed by atoms with Gasteiger partial charge in [0.05, 0.1) is 13.2 Å². The molecule has 0 fully saturated rings. The number of carbonyl (C=O) groups excluding carboxylic acids is 1. The van der Waals surface area contributed by atoms with Crippen LogP contribution in [0.25, 0.3) is 0 Å². The molecule has 0 saturated heterocycles. The van der Waals surface area contributed by atoms with Gasteiger partial charge in [0.25, 0.3) is 0 Å². The molecule has 0 aliphatic heterocycles. The van der Waals surface area contributed by atoms with Crippen molar-refractivity contribution in [2.75, 3.05) is 7.11 Å². The van der Waals surface area contributed by atoms with Crippen molar-refractivity contribution in [3.8, 4) is 0 Å². The molecule has 0 bridgehead atoms. The molecule has 0 saturated carbocycles. The van der Waals surface area contributed by atoms with Gasteiger partial charge in [-0.3, -0.25) is 0 Å². The van der Waals surface area contributed by atoms with Gasteiger partial charge in [-0.2, -0.15) is 0 Å². The highest BCUT2D eigenvalue weighted by atomic mass is 35.5. The van der Waals surface area contributed by atoms with Crippen molar-refractivity contribution in [2.45, 2.75) is 25.9 Å². The van der Waals surface area contributed by atoms with Gasteiger partial charge in [-0.1, -0.05) is 23.7 Å². The third kappa shape index (κ3) is 3.86. The van der Waals surface area contributed by atoms with Crippen LogP contribution in [0.2, 0.25) is 5.02 Å². The Bertz CT molecular complexity index is 623. The Morgan fingerprint density at radius 2 is 2.00 bits per heavy atom. The second-order valence-corrected chi connectivity index (χ2v) is 5.30. The van der Waals surface area contributed by atoms with Gasteiger partial charge in [-0.05, 0) is 43.7 Å². The number of carbonyl (C=O) groups is 1. The van der Waals surface area contributed by atoms with E-state index in [1.165, 1.54) is 7.11 Å².